The summed E-state index contributed by atoms with van der Waals surface area (Å²) in [4.78, 5) is 12.0. The van der Waals surface area contributed by atoms with Crippen molar-refractivity contribution in [2.24, 2.45) is 5.92 Å². The van der Waals surface area contributed by atoms with Gasteiger partial charge in [-0.3, -0.25) is 4.79 Å². The number of methoxy groups -OCH3 is 1. The number of benzene rings is 1. The monoisotopic (exact) mass is 319 g/mol. The lowest BCUT2D eigenvalue weighted by Gasteiger charge is -2.21. The minimum atomic E-state index is 0.142. The van der Waals surface area contributed by atoms with Crippen molar-refractivity contribution >= 4 is 5.91 Å². The largest absolute Gasteiger partial charge is 0.493 e. The lowest BCUT2D eigenvalue weighted by Crippen LogP contribution is -2.23. The molecule has 0 atom stereocenters. The first-order valence-electron chi connectivity index (χ1n) is 8.79. The van der Waals surface area contributed by atoms with Crippen LogP contribution < -0.4 is 14.8 Å². The third-order valence-corrected chi connectivity index (χ3v) is 4.52. The van der Waals surface area contributed by atoms with E-state index in [0.717, 1.165) is 23.7 Å². The third-order valence-electron chi connectivity index (χ3n) is 4.52. The Bertz CT molecular complexity index is 495. The van der Waals surface area contributed by atoms with Crippen molar-refractivity contribution in [1.82, 2.24) is 5.32 Å². The van der Waals surface area contributed by atoms with E-state index in [-0.39, 0.29) is 5.91 Å². The number of carbonyl (C=O) groups excluding carboxylic acids is 1. The fourth-order valence-corrected chi connectivity index (χ4v) is 3.20. The Hall–Kier alpha value is -1.71. The van der Waals surface area contributed by atoms with E-state index in [4.69, 9.17) is 9.47 Å². The van der Waals surface area contributed by atoms with Crippen LogP contribution in [0.15, 0.2) is 18.2 Å². The normalized spacial score (nSPS) is 15.2. The van der Waals surface area contributed by atoms with Crippen LogP contribution in [0.1, 0.15) is 57.4 Å². The Balaban J connectivity index is 1.76. The van der Waals surface area contributed by atoms with E-state index in [1.165, 1.54) is 32.1 Å². The van der Waals surface area contributed by atoms with Gasteiger partial charge < -0.3 is 14.8 Å². The first kappa shape index (κ1) is 17.6. The van der Waals surface area contributed by atoms with Gasteiger partial charge in [0.15, 0.2) is 11.5 Å². The van der Waals surface area contributed by atoms with Gasteiger partial charge >= 0.3 is 0 Å². The number of nitrogens with one attached hydrogen (secondary N) is 1. The SMILES string of the molecule is CCOc1ccc(CNC(=O)CCC2CCCCC2)cc1OC. The van der Waals surface area contributed by atoms with Crippen LogP contribution in [0.4, 0.5) is 0 Å². The maximum absolute atomic E-state index is 12.0. The van der Waals surface area contributed by atoms with E-state index in [9.17, 15) is 4.79 Å². The fraction of sp³-hybridized carbons (Fsp3) is 0.632. The molecule has 1 aromatic carbocycles. The van der Waals surface area contributed by atoms with Gasteiger partial charge in [0.1, 0.15) is 0 Å². The van der Waals surface area contributed by atoms with Crippen molar-refractivity contribution in [1.29, 1.82) is 0 Å². The molecule has 4 heteroatoms. The van der Waals surface area contributed by atoms with Crippen LogP contribution in [0, 0.1) is 5.92 Å². The second-order valence-corrected chi connectivity index (χ2v) is 6.24. The highest BCUT2D eigenvalue weighted by molar-refractivity contribution is 5.75. The van der Waals surface area contributed by atoms with Crippen LogP contribution in [-0.4, -0.2) is 19.6 Å². The number of hydrogen-bond acceptors (Lipinski definition) is 3. The predicted octanol–water partition coefficient (Wildman–Crippen LogP) is 4.07. The molecule has 1 aliphatic rings. The minimum absolute atomic E-state index is 0.142. The van der Waals surface area contributed by atoms with Crippen LogP contribution in [0.2, 0.25) is 0 Å². The Labute approximate surface area is 139 Å². The zero-order valence-electron chi connectivity index (χ0n) is 14.4. The summed E-state index contributed by atoms with van der Waals surface area (Å²) in [5.74, 6) is 2.34. The molecule has 0 saturated heterocycles. The molecule has 4 nitrogen and oxygen atoms in total. The van der Waals surface area contributed by atoms with E-state index in [1.807, 2.05) is 25.1 Å². The topological polar surface area (TPSA) is 47.6 Å². The molecule has 0 unspecified atom stereocenters. The summed E-state index contributed by atoms with van der Waals surface area (Å²) in [6.45, 7) is 3.08. The highest BCUT2D eigenvalue weighted by atomic mass is 16.5. The Morgan fingerprint density at radius 3 is 2.70 bits per heavy atom. The van der Waals surface area contributed by atoms with E-state index < -0.39 is 0 Å². The summed E-state index contributed by atoms with van der Waals surface area (Å²) >= 11 is 0. The van der Waals surface area contributed by atoms with Crippen LogP contribution in [-0.2, 0) is 11.3 Å². The zero-order chi connectivity index (χ0) is 16.5. The molecular formula is C19H29NO3. The highest BCUT2D eigenvalue weighted by Crippen LogP contribution is 2.28. The Morgan fingerprint density at radius 2 is 2.00 bits per heavy atom. The van der Waals surface area contributed by atoms with E-state index in [1.54, 1.807) is 7.11 Å². The molecule has 23 heavy (non-hydrogen) atoms. The molecule has 0 spiro atoms. The van der Waals surface area contributed by atoms with Crippen molar-refractivity contribution < 1.29 is 14.3 Å². The van der Waals surface area contributed by atoms with Gasteiger partial charge in [-0.2, -0.15) is 0 Å². The average Bonchev–Trinajstić information content (AvgIpc) is 2.60. The van der Waals surface area contributed by atoms with Crippen molar-refractivity contribution in [3.63, 3.8) is 0 Å². The van der Waals surface area contributed by atoms with E-state index >= 15 is 0 Å². The van der Waals surface area contributed by atoms with Crippen LogP contribution in [0.25, 0.3) is 0 Å². The van der Waals surface area contributed by atoms with Gasteiger partial charge in [-0.1, -0.05) is 38.2 Å². The van der Waals surface area contributed by atoms with Gasteiger partial charge in [0, 0.05) is 13.0 Å². The molecule has 0 aromatic heterocycles. The van der Waals surface area contributed by atoms with Gasteiger partial charge in [-0.25, -0.2) is 0 Å². The van der Waals surface area contributed by atoms with E-state index in [2.05, 4.69) is 5.32 Å². The molecule has 1 saturated carbocycles. The minimum Gasteiger partial charge on any atom is -0.493 e. The van der Waals surface area contributed by atoms with Crippen molar-refractivity contribution in [2.45, 2.75) is 58.4 Å². The molecule has 1 aliphatic carbocycles. The molecule has 0 heterocycles. The van der Waals surface area contributed by atoms with Crippen LogP contribution in [0.3, 0.4) is 0 Å². The number of ether oxygens (including phenoxy) is 2. The summed E-state index contributed by atoms with van der Waals surface area (Å²) < 4.78 is 10.8. The molecule has 0 bridgehead atoms. The third kappa shape index (κ3) is 5.77. The number of carbonyl (C=O) groups is 1. The summed E-state index contributed by atoms with van der Waals surface area (Å²) in [6.07, 6.45) is 8.28. The van der Waals surface area contributed by atoms with Gasteiger partial charge in [0.25, 0.3) is 0 Å². The Kier molecular flexibility index (Phi) is 7.24. The Morgan fingerprint density at radius 1 is 1.22 bits per heavy atom. The summed E-state index contributed by atoms with van der Waals surface area (Å²) in [5.41, 5.74) is 1.02. The van der Waals surface area contributed by atoms with Crippen LogP contribution >= 0.6 is 0 Å². The second-order valence-electron chi connectivity index (χ2n) is 6.24. The smallest absolute Gasteiger partial charge is 0.220 e. The average molecular weight is 319 g/mol. The first-order valence-corrected chi connectivity index (χ1v) is 8.79. The first-order chi connectivity index (χ1) is 11.2. The number of amides is 1. The summed E-state index contributed by atoms with van der Waals surface area (Å²) in [5, 5.41) is 3.01. The lowest BCUT2D eigenvalue weighted by atomic mass is 9.86. The van der Waals surface area contributed by atoms with Gasteiger partial charge in [-0.15, -0.1) is 0 Å². The molecule has 1 fully saturated rings. The van der Waals surface area contributed by atoms with Crippen molar-refractivity contribution in [2.75, 3.05) is 13.7 Å². The van der Waals surface area contributed by atoms with Gasteiger partial charge in [0.05, 0.1) is 13.7 Å². The standard InChI is InChI=1S/C19H29NO3/c1-3-23-17-11-9-16(13-18(17)22-2)14-20-19(21)12-10-15-7-5-4-6-8-15/h9,11,13,15H,3-8,10,12,14H2,1-2H3,(H,20,21). The molecule has 1 amide bonds. The highest BCUT2D eigenvalue weighted by Gasteiger charge is 2.14. The van der Waals surface area contributed by atoms with Crippen molar-refractivity contribution in [3.05, 3.63) is 23.8 Å². The fourth-order valence-electron chi connectivity index (χ4n) is 3.20. The molecule has 1 aromatic rings. The predicted molar refractivity (Wildman–Crippen MR) is 91.8 cm³/mol. The quantitative estimate of drug-likeness (QED) is 0.785. The maximum Gasteiger partial charge on any atom is 0.220 e. The molecule has 128 valence electrons. The number of rotatable bonds is 8. The zero-order valence-corrected chi connectivity index (χ0v) is 14.4. The molecular weight excluding hydrogens is 290 g/mol. The molecule has 0 aliphatic heterocycles. The summed E-state index contributed by atoms with van der Waals surface area (Å²) in [6, 6.07) is 5.78. The van der Waals surface area contributed by atoms with Crippen LogP contribution in [0.5, 0.6) is 11.5 Å². The number of hydrogen-bond donors (Lipinski definition) is 1. The van der Waals surface area contributed by atoms with Gasteiger partial charge in [0.2, 0.25) is 5.91 Å². The molecule has 1 N–H and O–H groups in total. The molecule has 2 rings (SSSR count). The lowest BCUT2D eigenvalue weighted by molar-refractivity contribution is -0.121. The summed E-state index contributed by atoms with van der Waals surface area (Å²) in [7, 11) is 1.63. The van der Waals surface area contributed by atoms with E-state index in [0.29, 0.717) is 25.3 Å². The second kappa shape index (κ2) is 9.43. The maximum atomic E-state index is 12.0. The van der Waals surface area contributed by atoms with Gasteiger partial charge in [-0.05, 0) is 37.0 Å². The van der Waals surface area contributed by atoms with Crippen molar-refractivity contribution in [3.8, 4) is 11.5 Å². The molecule has 0 radical (unpaired) electrons.